The van der Waals surface area contributed by atoms with Gasteiger partial charge in [0.2, 0.25) is 0 Å². The highest BCUT2D eigenvalue weighted by Gasteiger charge is 2.03. The Morgan fingerprint density at radius 3 is 2.50 bits per heavy atom. The van der Waals surface area contributed by atoms with E-state index in [1.54, 1.807) is 30.5 Å². The number of hydrogen-bond acceptors (Lipinski definition) is 3. The maximum absolute atomic E-state index is 10.9. The van der Waals surface area contributed by atoms with E-state index < -0.39 is 5.97 Å². The minimum atomic E-state index is -0.931. The molecule has 0 aliphatic carbocycles. The van der Waals surface area contributed by atoms with Gasteiger partial charge in [-0.3, -0.25) is 0 Å². The van der Waals surface area contributed by atoms with Crippen LogP contribution >= 0.6 is 0 Å². The number of aromatic carboxylic acids is 1. The maximum Gasteiger partial charge on any atom is 0.335 e. The number of nitrogens with one attached hydrogen (secondary N) is 1. The van der Waals surface area contributed by atoms with Crippen LogP contribution in [0.2, 0.25) is 0 Å². The zero-order valence-electron chi connectivity index (χ0n) is 13.4. The van der Waals surface area contributed by atoms with E-state index in [4.69, 9.17) is 5.11 Å². The van der Waals surface area contributed by atoms with Crippen molar-refractivity contribution in [2.24, 2.45) is 0 Å². The lowest BCUT2D eigenvalue weighted by atomic mass is 10.0. The molecule has 120 valence electrons. The van der Waals surface area contributed by atoms with E-state index in [-0.39, 0.29) is 5.56 Å². The van der Waals surface area contributed by atoms with E-state index in [0.717, 1.165) is 17.9 Å². The van der Waals surface area contributed by atoms with Gasteiger partial charge in [0.15, 0.2) is 0 Å². The Bertz CT molecular complexity index is 858. The molecule has 0 spiro atoms. The van der Waals surface area contributed by atoms with Crippen LogP contribution in [0.4, 0.5) is 11.5 Å². The molecule has 0 saturated carbocycles. The number of benzene rings is 2. The Labute approximate surface area is 140 Å². The molecule has 4 nitrogen and oxygen atoms in total. The van der Waals surface area contributed by atoms with Crippen molar-refractivity contribution in [3.05, 3.63) is 89.1 Å². The summed E-state index contributed by atoms with van der Waals surface area (Å²) in [4.78, 5) is 15.2. The van der Waals surface area contributed by atoms with Crippen molar-refractivity contribution in [2.75, 3.05) is 5.32 Å². The second-order valence-electron chi connectivity index (χ2n) is 5.72. The predicted molar refractivity (Wildman–Crippen MR) is 94.9 cm³/mol. The van der Waals surface area contributed by atoms with Crippen LogP contribution in [0.15, 0.2) is 66.9 Å². The topological polar surface area (TPSA) is 62.2 Å². The number of carboxylic acid groups (broad SMARTS) is 1. The molecule has 1 aromatic heterocycles. The van der Waals surface area contributed by atoms with Crippen LogP contribution < -0.4 is 5.32 Å². The number of pyridine rings is 1. The van der Waals surface area contributed by atoms with Gasteiger partial charge < -0.3 is 10.4 Å². The average molecular weight is 318 g/mol. The number of aryl methyl sites for hydroxylation is 1. The van der Waals surface area contributed by atoms with Gasteiger partial charge in [-0.05, 0) is 60.9 Å². The van der Waals surface area contributed by atoms with Crippen LogP contribution in [0, 0.1) is 6.92 Å². The summed E-state index contributed by atoms with van der Waals surface area (Å²) in [5.41, 5.74) is 4.75. The van der Waals surface area contributed by atoms with Crippen molar-refractivity contribution in [2.45, 2.75) is 13.3 Å². The number of aromatic nitrogens is 1. The Hall–Kier alpha value is -3.14. The van der Waals surface area contributed by atoms with Crippen LogP contribution in [-0.4, -0.2) is 16.1 Å². The van der Waals surface area contributed by atoms with Crippen molar-refractivity contribution in [1.29, 1.82) is 0 Å². The Kier molecular flexibility index (Phi) is 4.57. The molecule has 2 N–H and O–H groups in total. The summed E-state index contributed by atoms with van der Waals surface area (Å²) in [6.07, 6.45) is 2.62. The molecular weight excluding hydrogens is 300 g/mol. The van der Waals surface area contributed by atoms with Gasteiger partial charge in [0.25, 0.3) is 0 Å². The third kappa shape index (κ3) is 3.98. The third-order valence-corrected chi connectivity index (χ3v) is 3.72. The Morgan fingerprint density at radius 2 is 1.79 bits per heavy atom. The molecule has 0 aliphatic rings. The smallest absolute Gasteiger partial charge is 0.335 e. The number of anilines is 2. The highest BCUT2D eigenvalue weighted by atomic mass is 16.4. The molecule has 0 bridgehead atoms. The van der Waals surface area contributed by atoms with Crippen molar-refractivity contribution in [3.63, 3.8) is 0 Å². The molecule has 3 rings (SSSR count). The van der Waals surface area contributed by atoms with Gasteiger partial charge in [-0.25, -0.2) is 9.78 Å². The van der Waals surface area contributed by atoms with E-state index >= 15 is 0 Å². The number of carbonyl (C=O) groups is 1. The molecule has 4 heteroatoms. The second kappa shape index (κ2) is 6.96. The normalized spacial score (nSPS) is 10.4. The highest BCUT2D eigenvalue weighted by Crippen LogP contribution is 2.18. The minimum absolute atomic E-state index is 0.265. The van der Waals surface area contributed by atoms with Gasteiger partial charge in [0.1, 0.15) is 5.82 Å². The number of nitrogens with zero attached hydrogens (tertiary/aromatic N) is 1. The van der Waals surface area contributed by atoms with E-state index in [0.29, 0.717) is 0 Å². The van der Waals surface area contributed by atoms with Crippen molar-refractivity contribution in [3.8, 4) is 0 Å². The zero-order chi connectivity index (χ0) is 16.9. The molecule has 0 saturated heterocycles. The lowest BCUT2D eigenvalue weighted by Crippen LogP contribution is -1.98. The molecule has 0 fully saturated rings. The molecule has 0 radical (unpaired) electrons. The van der Waals surface area contributed by atoms with Crippen molar-refractivity contribution in [1.82, 2.24) is 4.98 Å². The molecular formula is C20H18N2O2. The fourth-order valence-electron chi connectivity index (χ4n) is 2.55. The third-order valence-electron chi connectivity index (χ3n) is 3.72. The Balaban J connectivity index is 1.74. The largest absolute Gasteiger partial charge is 0.478 e. The van der Waals surface area contributed by atoms with Gasteiger partial charge in [-0.2, -0.15) is 0 Å². The fraction of sp³-hybridized carbons (Fsp3) is 0.100. The molecule has 0 aliphatic heterocycles. The number of rotatable bonds is 5. The van der Waals surface area contributed by atoms with Gasteiger partial charge in [-0.1, -0.05) is 29.8 Å². The monoisotopic (exact) mass is 318 g/mol. The highest BCUT2D eigenvalue weighted by molar-refractivity contribution is 5.88. The second-order valence-corrected chi connectivity index (χ2v) is 5.72. The van der Waals surface area contributed by atoms with Crippen molar-refractivity contribution < 1.29 is 9.90 Å². The lowest BCUT2D eigenvalue weighted by molar-refractivity contribution is 0.0697. The summed E-state index contributed by atoms with van der Waals surface area (Å²) in [5.74, 6) is -0.192. The number of carboxylic acids is 1. The molecule has 2 aromatic carbocycles. The molecule has 1 heterocycles. The first-order valence-corrected chi connectivity index (χ1v) is 7.71. The van der Waals surface area contributed by atoms with Crippen LogP contribution in [0.25, 0.3) is 0 Å². The lowest BCUT2D eigenvalue weighted by Gasteiger charge is -2.08. The fourth-order valence-corrected chi connectivity index (χ4v) is 2.55. The molecule has 24 heavy (non-hydrogen) atoms. The first-order chi connectivity index (χ1) is 11.6. The summed E-state index contributed by atoms with van der Waals surface area (Å²) in [6.45, 7) is 2.09. The quantitative estimate of drug-likeness (QED) is 0.731. The summed E-state index contributed by atoms with van der Waals surface area (Å²) < 4.78 is 0. The summed E-state index contributed by atoms with van der Waals surface area (Å²) in [6, 6.07) is 19.1. The molecule has 0 amide bonds. The SMILES string of the molecule is Cc1cccc(Cc2ccnc(Nc3ccc(C(=O)O)cc3)c2)c1. The summed E-state index contributed by atoms with van der Waals surface area (Å²) in [5, 5.41) is 12.1. The average Bonchev–Trinajstić information content (AvgIpc) is 2.56. The van der Waals surface area contributed by atoms with E-state index in [9.17, 15) is 4.79 Å². The summed E-state index contributed by atoms with van der Waals surface area (Å²) >= 11 is 0. The van der Waals surface area contributed by atoms with Gasteiger partial charge in [0.05, 0.1) is 5.56 Å². The van der Waals surface area contributed by atoms with Crippen LogP contribution in [0.5, 0.6) is 0 Å². The van der Waals surface area contributed by atoms with Gasteiger partial charge >= 0.3 is 5.97 Å². The summed E-state index contributed by atoms with van der Waals surface area (Å²) in [7, 11) is 0. The molecule has 0 atom stereocenters. The van der Waals surface area contributed by atoms with Gasteiger partial charge in [-0.15, -0.1) is 0 Å². The van der Waals surface area contributed by atoms with E-state index in [2.05, 4.69) is 41.5 Å². The van der Waals surface area contributed by atoms with Crippen LogP contribution in [0.1, 0.15) is 27.0 Å². The van der Waals surface area contributed by atoms with E-state index in [1.165, 1.54) is 16.7 Å². The standard InChI is InChI=1S/C20H18N2O2/c1-14-3-2-4-15(11-14)12-16-9-10-21-19(13-16)22-18-7-5-17(6-8-18)20(23)24/h2-11,13H,12H2,1H3,(H,21,22)(H,23,24). The predicted octanol–water partition coefficient (Wildman–Crippen LogP) is 4.42. The molecule has 0 unspecified atom stereocenters. The number of hydrogen-bond donors (Lipinski definition) is 2. The Morgan fingerprint density at radius 1 is 1.04 bits per heavy atom. The molecule has 3 aromatic rings. The van der Waals surface area contributed by atoms with Gasteiger partial charge in [0, 0.05) is 11.9 Å². The van der Waals surface area contributed by atoms with Crippen LogP contribution in [-0.2, 0) is 6.42 Å². The maximum atomic E-state index is 10.9. The zero-order valence-corrected chi connectivity index (χ0v) is 13.4. The van der Waals surface area contributed by atoms with E-state index in [1.807, 2.05) is 12.1 Å². The van der Waals surface area contributed by atoms with Crippen molar-refractivity contribution >= 4 is 17.5 Å². The first kappa shape index (κ1) is 15.7. The van der Waals surface area contributed by atoms with Crippen LogP contribution in [0.3, 0.4) is 0 Å². The first-order valence-electron chi connectivity index (χ1n) is 7.71. The minimum Gasteiger partial charge on any atom is -0.478 e.